The molecule has 1 aromatic carbocycles. The Hall–Kier alpha value is -1.13. The summed E-state index contributed by atoms with van der Waals surface area (Å²) < 4.78 is 3.31. The van der Waals surface area contributed by atoms with Crippen LogP contribution in [0.3, 0.4) is 0 Å². The molecule has 1 N–H and O–H groups in total. The number of aromatic nitrogens is 2. The van der Waals surface area contributed by atoms with Gasteiger partial charge in [-0.1, -0.05) is 22.9 Å². The van der Waals surface area contributed by atoms with Gasteiger partial charge in [0, 0.05) is 35.4 Å². The number of hydrogen-bond donors (Lipinski definition) is 1. The van der Waals surface area contributed by atoms with Crippen molar-refractivity contribution in [3.05, 3.63) is 46.5 Å². The molecule has 21 heavy (non-hydrogen) atoms. The van der Waals surface area contributed by atoms with Crippen LogP contribution in [0.5, 0.6) is 0 Å². The minimum Gasteiger partial charge on any atom is -0.308 e. The highest BCUT2D eigenvalue weighted by Gasteiger charge is 2.13. The van der Waals surface area contributed by atoms with Crippen LogP contribution in [0, 0.1) is 0 Å². The van der Waals surface area contributed by atoms with E-state index in [1.165, 1.54) is 11.3 Å². The van der Waals surface area contributed by atoms with Crippen LogP contribution in [0.1, 0.15) is 45.5 Å². The second-order valence-corrected chi connectivity index (χ2v) is 7.26. The van der Waals surface area contributed by atoms with Crippen molar-refractivity contribution in [1.82, 2.24) is 14.9 Å². The number of imidazole rings is 1. The molecule has 0 fully saturated rings. The van der Waals surface area contributed by atoms with Crippen molar-refractivity contribution in [2.75, 3.05) is 0 Å². The van der Waals surface area contributed by atoms with E-state index in [1.54, 1.807) is 0 Å². The van der Waals surface area contributed by atoms with Crippen molar-refractivity contribution >= 4 is 15.9 Å². The quantitative estimate of drug-likeness (QED) is 0.862. The highest BCUT2D eigenvalue weighted by atomic mass is 79.9. The summed E-state index contributed by atoms with van der Waals surface area (Å²) in [5.74, 6) is 1.12. The summed E-state index contributed by atoms with van der Waals surface area (Å²) in [6, 6.07) is 6.43. The van der Waals surface area contributed by atoms with Crippen molar-refractivity contribution in [1.29, 1.82) is 0 Å². The molecule has 2 aromatic rings. The molecule has 114 valence electrons. The molecular formula is C17H24BrN3. The summed E-state index contributed by atoms with van der Waals surface area (Å²) >= 11 is 3.58. The molecular weight excluding hydrogens is 326 g/mol. The number of aryl methyl sites for hydroxylation is 1. The zero-order valence-electron chi connectivity index (χ0n) is 13.3. The van der Waals surface area contributed by atoms with Gasteiger partial charge in [0.05, 0.1) is 5.69 Å². The second kappa shape index (κ2) is 6.75. The Morgan fingerprint density at radius 2 is 2.05 bits per heavy atom. The van der Waals surface area contributed by atoms with Gasteiger partial charge in [-0.2, -0.15) is 0 Å². The van der Waals surface area contributed by atoms with Crippen LogP contribution < -0.4 is 5.32 Å². The van der Waals surface area contributed by atoms with Gasteiger partial charge in [-0.05, 0) is 51.0 Å². The molecule has 0 unspecified atom stereocenters. The molecule has 1 aromatic heterocycles. The van der Waals surface area contributed by atoms with E-state index >= 15 is 0 Å². The van der Waals surface area contributed by atoms with Crippen LogP contribution in [0.4, 0.5) is 0 Å². The largest absolute Gasteiger partial charge is 0.308 e. The van der Waals surface area contributed by atoms with Crippen molar-refractivity contribution < 1.29 is 0 Å². The first-order chi connectivity index (χ1) is 9.90. The molecule has 0 saturated heterocycles. The first-order valence-corrected chi connectivity index (χ1v) is 8.26. The average Bonchev–Trinajstić information content (AvgIpc) is 2.84. The molecule has 1 heterocycles. The highest BCUT2D eigenvalue weighted by molar-refractivity contribution is 9.10. The second-order valence-electron chi connectivity index (χ2n) is 6.34. The van der Waals surface area contributed by atoms with Crippen LogP contribution in [-0.2, 0) is 13.0 Å². The number of benzene rings is 1. The van der Waals surface area contributed by atoms with Gasteiger partial charge in [0.1, 0.15) is 5.82 Å². The fourth-order valence-corrected chi connectivity index (χ4v) is 2.66. The Morgan fingerprint density at radius 3 is 2.71 bits per heavy atom. The maximum Gasteiger partial charge on any atom is 0.113 e. The highest BCUT2D eigenvalue weighted by Crippen LogP contribution is 2.22. The lowest BCUT2D eigenvalue weighted by molar-refractivity contribution is 0.424. The lowest BCUT2D eigenvalue weighted by Crippen LogP contribution is -2.35. The van der Waals surface area contributed by atoms with Gasteiger partial charge in [-0.25, -0.2) is 4.98 Å². The van der Waals surface area contributed by atoms with Crippen molar-refractivity contribution in [2.45, 2.75) is 52.6 Å². The van der Waals surface area contributed by atoms with Gasteiger partial charge in [-0.3, -0.25) is 0 Å². The van der Waals surface area contributed by atoms with Gasteiger partial charge >= 0.3 is 0 Å². The Kier molecular flexibility index (Phi) is 5.22. The van der Waals surface area contributed by atoms with E-state index in [4.69, 9.17) is 0 Å². The van der Waals surface area contributed by atoms with Crippen LogP contribution in [0.15, 0.2) is 35.1 Å². The molecule has 0 spiro atoms. The molecule has 0 aliphatic heterocycles. The molecule has 0 aliphatic carbocycles. The van der Waals surface area contributed by atoms with Crippen molar-refractivity contribution in [3.63, 3.8) is 0 Å². The monoisotopic (exact) mass is 349 g/mol. The minimum absolute atomic E-state index is 0.0980. The van der Waals surface area contributed by atoms with E-state index in [2.05, 4.69) is 82.9 Å². The molecule has 0 atom stereocenters. The number of nitrogens with one attached hydrogen (secondary N) is 1. The lowest BCUT2D eigenvalue weighted by Gasteiger charge is -2.22. The topological polar surface area (TPSA) is 29.9 Å². The van der Waals surface area contributed by atoms with E-state index in [1.807, 2.05) is 6.20 Å². The Morgan fingerprint density at radius 1 is 1.29 bits per heavy atom. The van der Waals surface area contributed by atoms with Gasteiger partial charge in [0.2, 0.25) is 0 Å². The fourth-order valence-electron chi connectivity index (χ4n) is 2.25. The zero-order valence-corrected chi connectivity index (χ0v) is 14.9. The summed E-state index contributed by atoms with van der Waals surface area (Å²) in [6.07, 6.45) is 6.03. The molecule has 0 radical (unpaired) electrons. The first-order valence-electron chi connectivity index (χ1n) is 7.47. The van der Waals surface area contributed by atoms with Crippen molar-refractivity contribution in [2.24, 2.45) is 0 Å². The number of hydrogen-bond acceptors (Lipinski definition) is 2. The number of nitrogens with zero attached hydrogens (tertiary/aromatic N) is 2. The zero-order chi connectivity index (χ0) is 15.5. The Balaban J connectivity index is 2.36. The minimum atomic E-state index is 0.0980. The normalized spacial score (nSPS) is 11.9. The van der Waals surface area contributed by atoms with E-state index in [-0.39, 0.29) is 5.54 Å². The van der Waals surface area contributed by atoms with E-state index in [0.29, 0.717) is 0 Å². The standard InChI is InChI=1S/C17H24BrN3/c1-5-6-16-19-9-10-21(16)15-8-7-14(18)11-13(15)12-20-17(2,3)4/h7-11,20H,5-6,12H2,1-4H3. The van der Waals surface area contributed by atoms with Gasteiger partial charge < -0.3 is 9.88 Å². The average molecular weight is 350 g/mol. The van der Waals surface area contributed by atoms with Gasteiger partial charge in [-0.15, -0.1) is 0 Å². The maximum atomic E-state index is 4.49. The smallest absolute Gasteiger partial charge is 0.113 e. The Labute approximate surface area is 135 Å². The SMILES string of the molecule is CCCc1nccn1-c1ccc(Br)cc1CNC(C)(C)C. The predicted molar refractivity (Wildman–Crippen MR) is 91.9 cm³/mol. The summed E-state index contributed by atoms with van der Waals surface area (Å²) in [5, 5.41) is 3.56. The number of rotatable bonds is 5. The third-order valence-corrected chi connectivity index (χ3v) is 3.79. The summed E-state index contributed by atoms with van der Waals surface area (Å²) in [5.41, 5.74) is 2.58. The van der Waals surface area contributed by atoms with Gasteiger partial charge in [0.25, 0.3) is 0 Å². The summed E-state index contributed by atoms with van der Waals surface area (Å²) in [6.45, 7) is 9.57. The molecule has 0 bridgehead atoms. The fraction of sp³-hybridized carbons (Fsp3) is 0.471. The van der Waals surface area contributed by atoms with Crippen LogP contribution >= 0.6 is 15.9 Å². The maximum absolute atomic E-state index is 4.49. The lowest BCUT2D eigenvalue weighted by atomic mass is 10.1. The third kappa shape index (κ3) is 4.42. The van der Waals surface area contributed by atoms with E-state index < -0.39 is 0 Å². The van der Waals surface area contributed by atoms with Crippen LogP contribution in [0.2, 0.25) is 0 Å². The first kappa shape index (κ1) is 16.2. The molecule has 3 nitrogen and oxygen atoms in total. The van der Waals surface area contributed by atoms with Crippen LogP contribution in [-0.4, -0.2) is 15.1 Å². The van der Waals surface area contributed by atoms with Crippen LogP contribution in [0.25, 0.3) is 5.69 Å². The molecule has 0 amide bonds. The Bertz CT molecular complexity index is 596. The summed E-state index contributed by atoms with van der Waals surface area (Å²) in [7, 11) is 0. The number of halogens is 1. The molecule has 0 saturated carbocycles. The van der Waals surface area contributed by atoms with E-state index in [9.17, 15) is 0 Å². The molecule has 4 heteroatoms. The summed E-state index contributed by atoms with van der Waals surface area (Å²) in [4.78, 5) is 4.49. The van der Waals surface area contributed by atoms with Gasteiger partial charge in [0.15, 0.2) is 0 Å². The van der Waals surface area contributed by atoms with Crippen molar-refractivity contribution in [3.8, 4) is 5.69 Å². The third-order valence-electron chi connectivity index (χ3n) is 3.30. The predicted octanol–water partition coefficient (Wildman–Crippen LogP) is 4.48. The van der Waals surface area contributed by atoms with E-state index in [0.717, 1.165) is 29.7 Å². The molecule has 0 aliphatic rings. The molecule has 2 rings (SSSR count).